The number of hydrogen-bond acceptors (Lipinski definition) is 7. The Bertz CT molecular complexity index is 3200. The van der Waals surface area contributed by atoms with Crippen molar-refractivity contribution >= 4 is 55.0 Å². The van der Waals surface area contributed by atoms with Crippen molar-refractivity contribution in [1.82, 2.24) is 19.9 Å². The molecule has 9 aromatic rings. The van der Waals surface area contributed by atoms with E-state index < -0.39 is 12.1 Å². The summed E-state index contributed by atoms with van der Waals surface area (Å²) in [6.45, 7) is 0. The molecule has 274 valence electrons. The molecule has 0 saturated carbocycles. The van der Waals surface area contributed by atoms with Gasteiger partial charge in [-0.2, -0.15) is 0 Å². The molecule has 3 heterocycles. The van der Waals surface area contributed by atoms with Crippen LogP contribution in [0, 0.1) is 0 Å². The Morgan fingerprint density at radius 3 is 1.95 bits per heavy atom. The molecule has 7 heteroatoms. The lowest BCUT2D eigenvalue weighted by atomic mass is 9.79. The van der Waals surface area contributed by atoms with Crippen molar-refractivity contribution in [2.24, 2.45) is 4.99 Å². The number of aliphatic imine (C=N–C) groups is 1. The topological polar surface area (TPSA) is 104 Å². The predicted molar refractivity (Wildman–Crippen MR) is 235 cm³/mol. The standard InChI is InChI=1S/C51H33N5O2/c57-47-40(24-22-30-16-10-28-52-45(30)47)42-36-18-7-8-19-37(36)44(41-25-23-31-17-11-29-53-46(31)48(41)58)43-35-20-9-21-38(34(35)26-27-39(42)43)51-55-49(32-12-3-1-4-13-32)54-50(56-51)33-14-5-2-6-15-33/h1-29,46,48,57-58H. The molecular formula is C51H33N5O2. The number of aliphatic hydroxyl groups is 1. The lowest BCUT2D eigenvalue weighted by molar-refractivity contribution is 0.214. The summed E-state index contributed by atoms with van der Waals surface area (Å²) >= 11 is 0. The minimum absolute atomic E-state index is 0.117. The number of allylic oxidation sites excluding steroid dienone is 3. The van der Waals surface area contributed by atoms with Crippen LogP contribution in [0.5, 0.6) is 5.75 Å². The van der Waals surface area contributed by atoms with Gasteiger partial charge in [0.15, 0.2) is 17.5 Å². The molecule has 2 atom stereocenters. The van der Waals surface area contributed by atoms with Crippen LogP contribution in [-0.4, -0.2) is 48.5 Å². The summed E-state index contributed by atoms with van der Waals surface area (Å²) in [6.07, 6.45) is 10.6. The zero-order chi connectivity index (χ0) is 38.7. The molecule has 7 aromatic carbocycles. The van der Waals surface area contributed by atoms with E-state index in [9.17, 15) is 10.2 Å². The number of dihydropyridines is 1. The molecule has 2 aromatic heterocycles. The third-order valence-electron chi connectivity index (χ3n) is 11.3. The molecule has 0 radical (unpaired) electrons. The average molecular weight is 748 g/mol. The van der Waals surface area contributed by atoms with Crippen LogP contribution in [0.15, 0.2) is 181 Å². The molecule has 2 unspecified atom stereocenters. The quantitative estimate of drug-likeness (QED) is 0.134. The van der Waals surface area contributed by atoms with E-state index in [2.05, 4.69) is 47.5 Å². The van der Waals surface area contributed by atoms with Gasteiger partial charge in [-0.1, -0.05) is 146 Å². The predicted octanol–water partition coefficient (Wildman–Crippen LogP) is 10.9. The molecule has 1 aliphatic carbocycles. The van der Waals surface area contributed by atoms with Crippen LogP contribution in [0.4, 0.5) is 0 Å². The minimum Gasteiger partial charge on any atom is -0.505 e. The van der Waals surface area contributed by atoms with E-state index in [1.54, 1.807) is 12.4 Å². The summed E-state index contributed by atoms with van der Waals surface area (Å²) in [5, 5.41) is 30.7. The van der Waals surface area contributed by atoms with Gasteiger partial charge in [0.2, 0.25) is 0 Å². The van der Waals surface area contributed by atoms with Crippen LogP contribution in [0.1, 0.15) is 5.56 Å². The first-order valence-electron chi connectivity index (χ1n) is 19.3. The average Bonchev–Trinajstić information content (AvgIpc) is 3.29. The highest BCUT2D eigenvalue weighted by molar-refractivity contribution is 6.27. The number of phenols is 1. The van der Waals surface area contributed by atoms with Gasteiger partial charge in [-0.25, -0.2) is 15.0 Å². The Kier molecular flexibility index (Phi) is 7.87. The summed E-state index contributed by atoms with van der Waals surface area (Å²) in [5.41, 5.74) is 7.36. The number of nitrogens with zero attached hydrogens (tertiary/aromatic N) is 5. The molecule has 2 N–H and O–H groups in total. The lowest BCUT2D eigenvalue weighted by Gasteiger charge is -2.30. The highest BCUT2D eigenvalue weighted by Crippen LogP contribution is 2.49. The Hall–Kier alpha value is -7.61. The first kappa shape index (κ1) is 33.7. The van der Waals surface area contributed by atoms with Crippen molar-refractivity contribution in [1.29, 1.82) is 0 Å². The molecule has 0 bridgehead atoms. The lowest BCUT2D eigenvalue weighted by Crippen LogP contribution is -2.30. The second-order valence-electron chi connectivity index (χ2n) is 14.6. The van der Waals surface area contributed by atoms with Gasteiger partial charge in [-0.05, 0) is 67.2 Å². The maximum atomic E-state index is 12.2. The molecule has 0 saturated heterocycles. The zero-order valence-electron chi connectivity index (χ0n) is 31.0. The van der Waals surface area contributed by atoms with Crippen LogP contribution in [0.3, 0.4) is 0 Å². The summed E-state index contributed by atoms with van der Waals surface area (Å²) in [4.78, 5) is 24.5. The first-order chi connectivity index (χ1) is 28.6. The van der Waals surface area contributed by atoms with Gasteiger partial charge in [0.1, 0.15) is 23.4 Å². The summed E-state index contributed by atoms with van der Waals surface area (Å²) < 4.78 is 0. The Morgan fingerprint density at radius 1 is 0.517 bits per heavy atom. The van der Waals surface area contributed by atoms with Gasteiger partial charge in [0.25, 0.3) is 0 Å². The van der Waals surface area contributed by atoms with Gasteiger partial charge in [0.05, 0.1) is 0 Å². The van der Waals surface area contributed by atoms with E-state index in [1.807, 2.05) is 121 Å². The molecule has 0 fully saturated rings. The fraction of sp³-hybridized carbons (Fsp3) is 0.0392. The third-order valence-corrected chi connectivity index (χ3v) is 11.3. The highest BCUT2D eigenvalue weighted by atomic mass is 16.3. The van der Waals surface area contributed by atoms with Gasteiger partial charge >= 0.3 is 0 Å². The number of hydrogen-bond donors (Lipinski definition) is 2. The number of aliphatic hydroxyl groups excluding tert-OH is 1. The van der Waals surface area contributed by atoms with Crippen molar-refractivity contribution in [2.45, 2.75) is 12.1 Å². The van der Waals surface area contributed by atoms with E-state index in [0.29, 0.717) is 28.6 Å². The number of phenolic OH excluding ortho intramolecular Hbond substituents is 1. The normalized spacial score (nSPS) is 16.2. The number of fused-ring (bicyclic) bond motifs is 6. The molecule has 0 spiro atoms. The van der Waals surface area contributed by atoms with Gasteiger partial charge in [0, 0.05) is 45.6 Å². The second kappa shape index (κ2) is 13.5. The monoisotopic (exact) mass is 747 g/mol. The summed E-state index contributed by atoms with van der Waals surface area (Å²) in [5.74, 6) is 1.82. The largest absolute Gasteiger partial charge is 0.505 e. The maximum absolute atomic E-state index is 12.2. The van der Waals surface area contributed by atoms with Gasteiger partial charge in [-0.3, -0.25) is 9.98 Å². The van der Waals surface area contributed by atoms with E-state index in [-0.39, 0.29) is 5.75 Å². The molecular weight excluding hydrogens is 715 g/mol. The van der Waals surface area contributed by atoms with Crippen LogP contribution in [0.25, 0.3) is 94.1 Å². The van der Waals surface area contributed by atoms with Crippen LogP contribution < -0.4 is 0 Å². The zero-order valence-corrected chi connectivity index (χ0v) is 31.0. The van der Waals surface area contributed by atoms with Crippen molar-refractivity contribution in [3.63, 3.8) is 0 Å². The number of aromatic nitrogens is 4. The fourth-order valence-electron chi connectivity index (χ4n) is 8.66. The third kappa shape index (κ3) is 5.36. The Balaban J connectivity index is 1.26. The van der Waals surface area contributed by atoms with Gasteiger partial charge < -0.3 is 10.2 Å². The van der Waals surface area contributed by atoms with Crippen molar-refractivity contribution in [2.75, 3.05) is 0 Å². The molecule has 1 aliphatic heterocycles. The minimum atomic E-state index is -0.902. The van der Waals surface area contributed by atoms with E-state index >= 15 is 0 Å². The Labute approximate surface area is 333 Å². The van der Waals surface area contributed by atoms with E-state index in [0.717, 1.165) is 76.7 Å². The number of rotatable bonds is 5. The second-order valence-corrected chi connectivity index (χ2v) is 14.6. The maximum Gasteiger partial charge on any atom is 0.164 e. The first-order valence-corrected chi connectivity index (χ1v) is 19.3. The number of pyridine rings is 1. The van der Waals surface area contributed by atoms with E-state index in [1.165, 1.54) is 0 Å². The van der Waals surface area contributed by atoms with Crippen molar-refractivity contribution < 1.29 is 10.2 Å². The molecule has 58 heavy (non-hydrogen) atoms. The molecule has 0 amide bonds. The Morgan fingerprint density at radius 2 is 1.19 bits per heavy atom. The number of benzene rings is 7. The van der Waals surface area contributed by atoms with Crippen LogP contribution >= 0.6 is 0 Å². The SMILES string of the molecule is Oc1c(-c2c3ccccc3c(C3=CC=C4C=CC=NC4C3O)c3c2ccc2c(-c4nc(-c5ccccc5)nc(-c5ccccc5)n4)cccc23)ccc2cccnc12. The molecule has 2 aliphatic rings. The summed E-state index contributed by atoms with van der Waals surface area (Å²) in [7, 11) is 0. The summed E-state index contributed by atoms with van der Waals surface area (Å²) in [6, 6.07) is 46.1. The molecule has 7 nitrogen and oxygen atoms in total. The van der Waals surface area contributed by atoms with Crippen molar-refractivity contribution in [3.05, 3.63) is 181 Å². The van der Waals surface area contributed by atoms with Crippen LogP contribution in [-0.2, 0) is 0 Å². The molecule has 11 rings (SSSR count). The fourth-order valence-corrected chi connectivity index (χ4v) is 8.66. The van der Waals surface area contributed by atoms with E-state index in [4.69, 9.17) is 19.9 Å². The van der Waals surface area contributed by atoms with Crippen LogP contribution in [0.2, 0.25) is 0 Å². The highest BCUT2D eigenvalue weighted by Gasteiger charge is 2.32. The van der Waals surface area contributed by atoms with Gasteiger partial charge in [-0.15, -0.1) is 0 Å². The number of aromatic hydroxyl groups is 1. The van der Waals surface area contributed by atoms with Crippen molar-refractivity contribution in [3.8, 4) is 51.0 Å². The smallest absolute Gasteiger partial charge is 0.164 e.